The van der Waals surface area contributed by atoms with Crippen LogP contribution in [0.3, 0.4) is 0 Å². The minimum absolute atomic E-state index is 0.389. The van der Waals surface area contributed by atoms with E-state index in [1.807, 2.05) is 0 Å². The zero-order chi connectivity index (χ0) is 14.3. The Labute approximate surface area is 121 Å². The second-order valence-electron chi connectivity index (χ2n) is 6.88. The number of hydrogen-bond acceptors (Lipinski definition) is 2. The predicted octanol–water partition coefficient (Wildman–Crippen LogP) is 4.49. The average Bonchev–Trinajstić information content (AvgIpc) is 2.91. The fraction of sp³-hybridized carbons (Fsp3) is 0.500. The van der Waals surface area contributed by atoms with E-state index in [9.17, 15) is 0 Å². The first kappa shape index (κ1) is 13.4. The molecule has 2 aliphatic carbocycles. The monoisotopic (exact) mass is 269 g/mol. The van der Waals surface area contributed by atoms with Crippen LogP contribution >= 0.6 is 0 Å². The molecule has 0 N–H and O–H groups in total. The molecule has 3 rings (SSSR count). The van der Waals surface area contributed by atoms with E-state index in [1.54, 1.807) is 0 Å². The van der Waals surface area contributed by atoms with E-state index in [-0.39, 0.29) is 0 Å². The number of nitrogens with zero attached hydrogens (tertiary/aromatic N) is 1. The summed E-state index contributed by atoms with van der Waals surface area (Å²) in [5, 5.41) is 4.42. The molecule has 1 fully saturated rings. The van der Waals surface area contributed by atoms with Crippen molar-refractivity contribution in [1.29, 1.82) is 0 Å². The zero-order valence-electron chi connectivity index (χ0n) is 12.8. The first-order chi connectivity index (χ1) is 9.48. The molecule has 1 saturated carbocycles. The SMILES string of the molecule is CC1=C/C(=N/OCc2cccc(C)c2)C2C(C1)C2(C)C. The summed E-state index contributed by atoms with van der Waals surface area (Å²) in [6.45, 7) is 9.52. The zero-order valence-corrected chi connectivity index (χ0v) is 12.8. The van der Waals surface area contributed by atoms with Crippen LogP contribution in [-0.2, 0) is 11.4 Å². The number of allylic oxidation sites excluding steroid dienone is 2. The summed E-state index contributed by atoms with van der Waals surface area (Å²) < 4.78 is 0. The second-order valence-corrected chi connectivity index (χ2v) is 6.88. The van der Waals surface area contributed by atoms with Crippen molar-refractivity contribution in [3.05, 3.63) is 47.0 Å². The highest BCUT2D eigenvalue weighted by Gasteiger charge is 2.60. The second kappa shape index (κ2) is 4.76. The van der Waals surface area contributed by atoms with Gasteiger partial charge in [-0.15, -0.1) is 0 Å². The van der Waals surface area contributed by atoms with Crippen molar-refractivity contribution >= 4 is 5.71 Å². The summed E-state index contributed by atoms with van der Waals surface area (Å²) in [5.41, 5.74) is 5.39. The Morgan fingerprint density at radius 1 is 1.30 bits per heavy atom. The largest absolute Gasteiger partial charge is 0.391 e. The molecule has 0 aliphatic heterocycles. The van der Waals surface area contributed by atoms with E-state index < -0.39 is 0 Å². The molecule has 2 aliphatic rings. The lowest BCUT2D eigenvalue weighted by molar-refractivity contribution is 0.129. The van der Waals surface area contributed by atoms with Crippen LogP contribution in [0.5, 0.6) is 0 Å². The Morgan fingerprint density at radius 3 is 2.85 bits per heavy atom. The van der Waals surface area contributed by atoms with Gasteiger partial charge >= 0.3 is 0 Å². The number of oxime groups is 1. The van der Waals surface area contributed by atoms with Crippen molar-refractivity contribution in [2.45, 2.75) is 40.7 Å². The van der Waals surface area contributed by atoms with Gasteiger partial charge in [0.2, 0.25) is 0 Å². The number of hydrogen-bond donors (Lipinski definition) is 0. The highest BCUT2D eigenvalue weighted by molar-refractivity contribution is 6.01. The molecule has 0 saturated heterocycles. The van der Waals surface area contributed by atoms with Crippen molar-refractivity contribution in [2.24, 2.45) is 22.4 Å². The smallest absolute Gasteiger partial charge is 0.142 e. The van der Waals surface area contributed by atoms with Crippen molar-refractivity contribution in [2.75, 3.05) is 0 Å². The minimum atomic E-state index is 0.389. The van der Waals surface area contributed by atoms with Crippen LogP contribution in [-0.4, -0.2) is 5.71 Å². The Morgan fingerprint density at radius 2 is 2.10 bits per heavy atom. The fourth-order valence-corrected chi connectivity index (χ4v) is 3.53. The lowest BCUT2D eigenvalue weighted by atomic mass is 10.00. The molecule has 0 spiro atoms. The Kier molecular flexibility index (Phi) is 3.19. The van der Waals surface area contributed by atoms with Gasteiger partial charge in [0.25, 0.3) is 0 Å². The van der Waals surface area contributed by atoms with Gasteiger partial charge in [-0.1, -0.05) is 54.4 Å². The maximum absolute atomic E-state index is 5.60. The van der Waals surface area contributed by atoms with Crippen LogP contribution in [0.1, 0.15) is 38.3 Å². The van der Waals surface area contributed by atoms with Gasteiger partial charge in [0.05, 0.1) is 5.71 Å². The van der Waals surface area contributed by atoms with Crippen molar-refractivity contribution < 1.29 is 4.84 Å². The van der Waals surface area contributed by atoms with Gasteiger partial charge in [-0.2, -0.15) is 0 Å². The third-order valence-corrected chi connectivity index (χ3v) is 4.79. The molecule has 0 radical (unpaired) electrons. The van der Waals surface area contributed by atoms with Crippen LogP contribution < -0.4 is 0 Å². The van der Waals surface area contributed by atoms with Gasteiger partial charge in [-0.3, -0.25) is 0 Å². The van der Waals surface area contributed by atoms with E-state index in [2.05, 4.69) is 63.2 Å². The predicted molar refractivity (Wildman–Crippen MR) is 82.5 cm³/mol. The molecule has 106 valence electrons. The maximum atomic E-state index is 5.60. The van der Waals surface area contributed by atoms with E-state index >= 15 is 0 Å². The molecule has 0 aromatic heterocycles. The fourth-order valence-electron chi connectivity index (χ4n) is 3.53. The number of benzene rings is 1. The van der Waals surface area contributed by atoms with E-state index in [0.717, 1.165) is 11.6 Å². The Bertz CT molecular complexity index is 583. The molecule has 1 aromatic rings. The first-order valence-electron chi connectivity index (χ1n) is 7.41. The highest BCUT2D eigenvalue weighted by atomic mass is 16.6. The van der Waals surface area contributed by atoms with Crippen LogP contribution in [0.15, 0.2) is 41.1 Å². The van der Waals surface area contributed by atoms with Crippen molar-refractivity contribution in [3.63, 3.8) is 0 Å². The average molecular weight is 269 g/mol. The van der Waals surface area contributed by atoms with Gasteiger partial charge in [-0.05, 0) is 43.2 Å². The number of rotatable bonds is 3. The van der Waals surface area contributed by atoms with Gasteiger partial charge < -0.3 is 4.84 Å². The Balaban J connectivity index is 1.68. The maximum Gasteiger partial charge on any atom is 0.142 e. The molecule has 2 heteroatoms. The molecule has 2 atom stereocenters. The third kappa shape index (κ3) is 2.39. The standard InChI is InChI=1S/C18H23NO/c1-12-6-5-7-14(8-12)11-20-19-16-10-13(2)9-15-17(16)18(15,3)4/h5-8,10,15,17H,9,11H2,1-4H3/b19-16-. The lowest BCUT2D eigenvalue weighted by Gasteiger charge is -2.09. The van der Waals surface area contributed by atoms with Crippen LogP contribution in [0.4, 0.5) is 0 Å². The van der Waals surface area contributed by atoms with Gasteiger partial charge in [0.15, 0.2) is 0 Å². The Hall–Kier alpha value is -1.57. The lowest BCUT2D eigenvalue weighted by Crippen LogP contribution is -2.08. The normalized spacial score (nSPS) is 28.8. The quantitative estimate of drug-likeness (QED) is 0.741. The van der Waals surface area contributed by atoms with Crippen molar-refractivity contribution in [3.8, 4) is 0 Å². The summed E-state index contributed by atoms with van der Waals surface area (Å²) in [4.78, 5) is 5.60. The first-order valence-corrected chi connectivity index (χ1v) is 7.41. The highest BCUT2D eigenvalue weighted by Crippen LogP contribution is 2.63. The number of aryl methyl sites for hydroxylation is 1. The summed E-state index contributed by atoms with van der Waals surface area (Å²) in [7, 11) is 0. The molecule has 0 amide bonds. The molecule has 2 unspecified atom stereocenters. The van der Waals surface area contributed by atoms with E-state index in [4.69, 9.17) is 4.84 Å². The summed E-state index contributed by atoms with van der Waals surface area (Å²) in [5.74, 6) is 1.34. The molecule has 20 heavy (non-hydrogen) atoms. The molecule has 0 bridgehead atoms. The van der Waals surface area contributed by atoms with Gasteiger partial charge in [0, 0.05) is 5.92 Å². The summed E-state index contributed by atoms with van der Waals surface area (Å²) in [6.07, 6.45) is 3.43. The summed E-state index contributed by atoms with van der Waals surface area (Å²) >= 11 is 0. The number of fused-ring (bicyclic) bond motifs is 1. The van der Waals surface area contributed by atoms with Gasteiger partial charge in [0.1, 0.15) is 6.61 Å². The molecule has 1 aromatic carbocycles. The minimum Gasteiger partial charge on any atom is -0.391 e. The van der Waals surface area contributed by atoms with E-state index in [1.165, 1.54) is 23.1 Å². The van der Waals surface area contributed by atoms with Crippen molar-refractivity contribution in [1.82, 2.24) is 0 Å². The summed E-state index contributed by atoms with van der Waals surface area (Å²) in [6, 6.07) is 8.39. The molecule has 0 heterocycles. The third-order valence-electron chi connectivity index (χ3n) is 4.79. The topological polar surface area (TPSA) is 21.6 Å². The molecular formula is C18H23NO. The molecule has 2 nitrogen and oxygen atoms in total. The van der Waals surface area contributed by atoms with Crippen LogP contribution in [0.2, 0.25) is 0 Å². The van der Waals surface area contributed by atoms with Crippen LogP contribution in [0.25, 0.3) is 0 Å². The van der Waals surface area contributed by atoms with Crippen LogP contribution in [0, 0.1) is 24.2 Å². The van der Waals surface area contributed by atoms with Gasteiger partial charge in [-0.25, -0.2) is 0 Å². The molecular weight excluding hydrogens is 246 g/mol. The van der Waals surface area contributed by atoms with E-state index in [0.29, 0.717) is 17.9 Å².